The number of phenolic OH excluding ortho intramolecular Hbond substituents is 1. The summed E-state index contributed by atoms with van der Waals surface area (Å²) in [7, 11) is 1.38. The number of aromatic hydroxyl groups is 1. The third-order valence-electron chi connectivity index (χ3n) is 2.84. The minimum atomic E-state index is -0.398. The second kappa shape index (κ2) is 4.70. The number of aliphatic hydroxyl groups excluding tert-OH is 1. The highest BCUT2D eigenvalue weighted by Crippen LogP contribution is 2.41. The molecule has 2 N–H and O–H groups in total. The minimum Gasteiger partial charge on any atom is -0.504 e. The number of ether oxygens (including phenoxy) is 1. The van der Waals surface area contributed by atoms with Gasteiger partial charge in [0, 0.05) is 23.7 Å². The Labute approximate surface area is 94.5 Å². The number of halogens is 1. The predicted molar refractivity (Wildman–Crippen MR) is 59.6 cm³/mol. The molecule has 3 nitrogen and oxygen atoms in total. The van der Waals surface area contributed by atoms with Crippen molar-refractivity contribution in [2.75, 3.05) is 13.7 Å². The Morgan fingerprint density at radius 2 is 1.88 bits per heavy atom. The molecule has 0 radical (unpaired) electrons. The zero-order valence-electron chi connectivity index (χ0n) is 9.97. The summed E-state index contributed by atoms with van der Waals surface area (Å²) in [6.45, 7) is 4.70. The van der Waals surface area contributed by atoms with Gasteiger partial charge < -0.3 is 14.9 Å². The van der Waals surface area contributed by atoms with Crippen LogP contribution in [0.15, 0.2) is 0 Å². The summed E-state index contributed by atoms with van der Waals surface area (Å²) in [4.78, 5) is 0. The molecule has 16 heavy (non-hydrogen) atoms. The Morgan fingerprint density at radius 1 is 1.31 bits per heavy atom. The molecule has 0 spiro atoms. The van der Waals surface area contributed by atoms with Gasteiger partial charge in [0.05, 0.1) is 7.11 Å². The van der Waals surface area contributed by atoms with Crippen molar-refractivity contribution in [3.63, 3.8) is 0 Å². The summed E-state index contributed by atoms with van der Waals surface area (Å²) >= 11 is 0. The lowest BCUT2D eigenvalue weighted by atomic mass is 9.93. The van der Waals surface area contributed by atoms with E-state index < -0.39 is 5.82 Å². The lowest BCUT2D eigenvalue weighted by molar-refractivity contribution is 0.268. The van der Waals surface area contributed by atoms with Crippen molar-refractivity contribution < 1.29 is 19.3 Å². The van der Waals surface area contributed by atoms with Gasteiger partial charge in [0.15, 0.2) is 11.5 Å². The molecule has 0 bridgehead atoms. The molecule has 4 heteroatoms. The molecule has 1 aromatic carbocycles. The van der Waals surface area contributed by atoms with Gasteiger partial charge in [0.25, 0.3) is 0 Å². The molecule has 0 aliphatic heterocycles. The van der Waals surface area contributed by atoms with E-state index in [9.17, 15) is 9.50 Å². The van der Waals surface area contributed by atoms with Gasteiger partial charge in [-0.3, -0.25) is 0 Å². The molecule has 0 aromatic heterocycles. The molecule has 90 valence electrons. The first-order valence-electron chi connectivity index (χ1n) is 5.12. The third-order valence-corrected chi connectivity index (χ3v) is 2.84. The van der Waals surface area contributed by atoms with Crippen molar-refractivity contribution in [3.8, 4) is 11.5 Å². The maximum atomic E-state index is 13.8. The molecule has 1 atom stereocenters. The van der Waals surface area contributed by atoms with Crippen LogP contribution < -0.4 is 4.74 Å². The molecule has 1 aromatic rings. The van der Waals surface area contributed by atoms with Crippen LogP contribution in [0.3, 0.4) is 0 Å². The quantitative estimate of drug-likeness (QED) is 0.834. The number of aliphatic hydroxyl groups is 1. The van der Waals surface area contributed by atoms with Crippen molar-refractivity contribution >= 4 is 0 Å². The van der Waals surface area contributed by atoms with E-state index in [0.29, 0.717) is 11.1 Å². The molecule has 0 fully saturated rings. The van der Waals surface area contributed by atoms with Crippen LogP contribution in [0.4, 0.5) is 4.39 Å². The highest BCUT2D eigenvalue weighted by atomic mass is 19.1. The highest BCUT2D eigenvalue weighted by Gasteiger charge is 2.23. The Morgan fingerprint density at radius 3 is 2.31 bits per heavy atom. The SMILES string of the molecule is COc1c(C)c(F)c(C)c(C(C)CO)c1O. The summed E-state index contributed by atoms with van der Waals surface area (Å²) in [6.07, 6.45) is 0. The zero-order chi connectivity index (χ0) is 12.5. The van der Waals surface area contributed by atoms with Crippen molar-refractivity contribution in [1.29, 1.82) is 0 Å². The number of phenols is 1. The van der Waals surface area contributed by atoms with Crippen LogP contribution in [0.2, 0.25) is 0 Å². The van der Waals surface area contributed by atoms with E-state index in [2.05, 4.69) is 0 Å². The van der Waals surface area contributed by atoms with Gasteiger partial charge in [0.2, 0.25) is 0 Å². The van der Waals surface area contributed by atoms with Crippen LogP contribution in [0.5, 0.6) is 11.5 Å². The van der Waals surface area contributed by atoms with Gasteiger partial charge in [-0.2, -0.15) is 0 Å². The van der Waals surface area contributed by atoms with Crippen molar-refractivity contribution in [1.82, 2.24) is 0 Å². The van der Waals surface area contributed by atoms with E-state index >= 15 is 0 Å². The maximum Gasteiger partial charge on any atom is 0.166 e. The van der Waals surface area contributed by atoms with Gasteiger partial charge in [-0.05, 0) is 19.4 Å². The van der Waals surface area contributed by atoms with Gasteiger partial charge in [-0.1, -0.05) is 6.92 Å². The monoisotopic (exact) mass is 228 g/mol. The van der Waals surface area contributed by atoms with Crippen LogP contribution >= 0.6 is 0 Å². The van der Waals surface area contributed by atoms with Crippen molar-refractivity contribution in [2.45, 2.75) is 26.7 Å². The van der Waals surface area contributed by atoms with Crippen molar-refractivity contribution in [2.24, 2.45) is 0 Å². The van der Waals surface area contributed by atoms with Crippen LogP contribution in [0.1, 0.15) is 29.5 Å². The maximum absolute atomic E-state index is 13.8. The highest BCUT2D eigenvalue weighted by molar-refractivity contribution is 5.56. The van der Waals surface area contributed by atoms with Crippen LogP contribution in [0, 0.1) is 19.7 Å². The molecule has 0 heterocycles. The molecule has 0 amide bonds. The lowest BCUT2D eigenvalue weighted by Gasteiger charge is -2.19. The van der Waals surface area contributed by atoms with Crippen LogP contribution in [-0.4, -0.2) is 23.9 Å². The first-order valence-corrected chi connectivity index (χ1v) is 5.12. The minimum absolute atomic E-state index is 0.0829. The smallest absolute Gasteiger partial charge is 0.166 e. The van der Waals surface area contributed by atoms with Gasteiger partial charge in [0.1, 0.15) is 5.82 Å². The summed E-state index contributed by atoms with van der Waals surface area (Å²) in [5.41, 5.74) is 1.05. The predicted octanol–water partition coefficient (Wildman–Crippen LogP) is 2.25. The van der Waals surface area contributed by atoms with E-state index in [4.69, 9.17) is 9.84 Å². The lowest BCUT2D eigenvalue weighted by Crippen LogP contribution is -2.06. The molecular formula is C12H17FO3. The van der Waals surface area contributed by atoms with E-state index in [-0.39, 0.29) is 29.6 Å². The first kappa shape index (κ1) is 12.8. The van der Waals surface area contributed by atoms with Crippen molar-refractivity contribution in [3.05, 3.63) is 22.5 Å². The molecule has 0 saturated heterocycles. The summed E-state index contributed by atoms with van der Waals surface area (Å²) < 4.78 is 18.8. The molecular weight excluding hydrogens is 211 g/mol. The largest absolute Gasteiger partial charge is 0.504 e. The fraction of sp³-hybridized carbons (Fsp3) is 0.500. The Bertz CT molecular complexity index is 402. The second-order valence-corrected chi connectivity index (χ2v) is 3.94. The molecule has 1 rings (SSSR count). The molecule has 0 aliphatic rings. The number of benzene rings is 1. The standard InChI is InChI=1S/C12H17FO3/c1-6(5-14)9-7(2)10(13)8(3)12(16-4)11(9)15/h6,14-15H,5H2,1-4H3. The summed E-state index contributed by atoms with van der Waals surface area (Å²) in [5, 5.41) is 19.1. The molecule has 1 unspecified atom stereocenters. The normalized spacial score (nSPS) is 12.6. The average Bonchev–Trinajstić information content (AvgIpc) is 2.27. The number of hydrogen-bond acceptors (Lipinski definition) is 3. The fourth-order valence-electron chi connectivity index (χ4n) is 1.92. The first-order chi connectivity index (χ1) is 7.45. The topological polar surface area (TPSA) is 49.7 Å². The number of methoxy groups -OCH3 is 1. The Kier molecular flexibility index (Phi) is 3.75. The van der Waals surface area contributed by atoms with E-state index in [1.165, 1.54) is 7.11 Å². The van der Waals surface area contributed by atoms with E-state index in [1.807, 2.05) is 0 Å². The second-order valence-electron chi connectivity index (χ2n) is 3.94. The third kappa shape index (κ3) is 1.85. The van der Waals surface area contributed by atoms with Gasteiger partial charge in [-0.15, -0.1) is 0 Å². The molecule has 0 aliphatic carbocycles. The van der Waals surface area contributed by atoms with Crippen LogP contribution in [-0.2, 0) is 0 Å². The fourth-order valence-corrected chi connectivity index (χ4v) is 1.92. The average molecular weight is 228 g/mol. The van der Waals surface area contributed by atoms with E-state index in [0.717, 1.165) is 0 Å². The Balaban J connectivity index is 3.55. The molecule has 0 saturated carbocycles. The van der Waals surface area contributed by atoms with Crippen LogP contribution in [0.25, 0.3) is 0 Å². The van der Waals surface area contributed by atoms with E-state index in [1.54, 1.807) is 20.8 Å². The number of rotatable bonds is 3. The summed E-state index contributed by atoms with van der Waals surface area (Å²) in [6, 6.07) is 0. The summed E-state index contributed by atoms with van der Waals surface area (Å²) in [5.74, 6) is -0.673. The Hall–Kier alpha value is -1.29. The zero-order valence-corrected chi connectivity index (χ0v) is 9.97. The van der Waals surface area contributed by atoms with Gasteiger partial charge in [-0.25, -0.2) is 4.39 Å². The van der Waals surface area contributed by atoms with Gasteiger partial charge >= 0.3 is 0 Å². The number of hydrogen-bond donors (Lipinski definition) is 2.